The maximum Gasteiger partial charge on any atom is 0.0787 e. The fraction of sp³-hybridized carbons (Fsp3) is 0.429. The Morgan fingerprint density at radius 3 is 1.71 bits per heavy atom. The summed E-state index contributed by atoms with van der Waals surface area (Å²) < 4.78 is 0. The maximum atomic E-state index is 3.72. The molecule has 0 aliphatic carbocycles. The van der Waals surface area contributed by atoms with E-state index in [0.29, 0.717) is 24.3 Å². The van der Waals surface area contributed by atoms with Gasteiger partial charge in [-0.05, 0) is 44.6 Å². The van der Waals surface area contributed by atoms with Crippen molar-refractivity contribution in [3.05, 3.63) is 71.8 Å². The van der Waals surface area contributed by atoms with Gasteiger partial charge in [0.1, 0.15) is 0 Å². The van der Waals surface area contributed by atoms with Crippen LogP contribution in [0.2, 0.25) is 0 Å². The van der Waals surface area contributed by atoms with Gasteiger partial charge < -0.3 is 5.32 Å². The van der Waals surface area contributed by atoms with Crippen molar-refractivity contribution in [1.82, 2.24) is 15.1 Å². The van der Waals surface area contributed by atoms with Crippen LogP contribution in [0.4, 0.5) is 0 Å². The first-order chi connectivity index (χ1) is 11.8. The van der Waals surface area contributed by atoms with Crippen molar-refractivity contribution < 1.29 is 0 Å². The van der Waals surface area contributed by atoms with Crippen molar-refractivity contribution in [3.8, 4) is 0 Å². The van der Waals surface area contributed by atoms with Crippen molar-refractivity contribution in [2.24, 2.45) is 0 Å². The van der Waals surface area contributed by atoms with Gasteiger partial charge in [0.25, 0.3) is 0 Å². The molecule has 0 unspecified atom stereocenters. The summed E-state index contributed by atoms with van der Waals surface area (Å²) >= 11 is 0. The zero-order valence-electron chi connectivity index (χ0n) is 14.6. The molecular weight excluding hydrogens is 294 g/mol. The molecule has 0 bridgehead atoms. The molecule has 4 rings (SSSR count). The quantitative estimate of drug-likeness (QED) is 0.934. The van der Waals surface area contributed by atoms with Gasteiger partial charge in [-0.15, -0.1) is 0 Å². The molecular formula is C21H27N3. The predicted molar refractivity (Wildman–Crippen MR) is 98.7 cm³/mol. The summed E-state index contributed by atoms with van der Waals surface area (Å²) in [6, 6.07) is 23.3. The van der Waals surface area contributed by atoms with E-state index in [2.05, 4.69) is 89.9 Å². The number of benzene rings is 2. The fourth-order valence-electron chi connectivity index (χ4n) is 4.73. The third-order valence-corrected chi connectivity index (χ3v) is 5.75. The molecule has 3 atom stereocenters. The van der Waals surface area contributed by atoms with Crippen LogP contribution in [0.1, 0.15) is 36.1 Å². The van der Waals surface area contributed by atoms with Crippen LogP contribution >= 0.6 is 0 Å². The first-order valence-corrected chi connectivity index (χ1v) is 9.04. The minimum absolute atomic E-state index is 0.381. The fourth-order valence-corrected chi connectivity index (χ4v) is 4.73. The number of hydrogen-bond donors (Lipinski definition) is 1. The van der Waals surface area contributed by atoms with E-state index in [-0.39, 0.29) is 0 Å². The Hall–Kier alpha value is -1.68. The van der Waals surface area contributed by atoms with Crippen LogP contribution in [0.15, 0.2) is 60.7 Å². The highest BCUT2D eigenvalue weighted by Crippen LogP contribution is 2.46. The van der Waals surface area contributed by atoms with Crippen LogP contribution in [-0.4, -0.2) is 42.6 Å². The lowest BCUT2D eigenvalue weighted by molar-refractivity contribution is 0.124. The highest BCUT2D eigenvalue weighted by atomic mass is 15.5. The van der Waals surface area contributed by atoms with Crippen LogP contribution in [-0.2, 0) is 0 Å². The van der Waals surface area contributed by atoms with E-state index < -0.39 is 0 Å². The van der Waals surface area contributed by atoms with E-state index in [1.165, 1.54) is 24.0 Å². The number of nitrogens with one attached hydrogen (secondary N) is 1. The van der Waals surface area contributed by atoms with Crippen LogP contribution in [0.25, 0.3) is 0 Å². The molecule has 0 spiro atoms. The summed E-state index contributed by atoms with van der Waals surface area (Å²) in [5.74, 6) is 0. The van der Waals surface area contributed by atoms with E-state index in [1.54, 1.807) is 0 Å². The second kappa shape index (κ2) is 6.67. The van der Waals surface area contributed by atoms with Gasteiger partial charge in [-0.3, -0.25) is 9.80 Å². The van der Waals surface area contributed by atoms with E-state index in [0.717, 1.165) is 6.54 Å². The largest absolute Gasteiger partial charge is 0.311 e. The molecule has 2 saturated heterocycles. The Bertz CT molecular complexity index is 600. The van der Waals surface area contributed by atoms with Gasteiger partial charge in [0.15, 0.2) is 0 Å². The molecule has 126 valence electrons. The summed E-state index contributed by atoms with van der Waals surface area (Å²) in [5.41, 5.74) is 2.81. The summed E-state index contributed by atoms with van der Waals surface area (Å²) in [4.78, 5) is 5.16. The van der Waals surface area contributed by atoms with Gasteiger partial charge in [-0.1, -0.05) is 60.7 Å². The minimum Gasteiger partial charge on any atom is -0.311 e. The molecule has 1 N–H and O–H groups in total. The van der Waals surface area contributed by atoms with Gasteiger partial charge >= 0.3 is 0 Å². The Morgan fingerprint density at radius 2 is 1.29 bits per heavy atom. The van der Waals surface area contributed by atoms with E-state index in [9.17, 15) is 0 Å². The first kappa shape index (κ1) is 15.8. The lowest BCUT2D eigenvalue weighted by Crippen LogP contribution is -2.49. The maximum absolute atomic E-state index is 3.72. The zero-order chi connectivity index (χ0) is 16.5. The van der Waals surface area contributed by atoms with Crippen molar-refractivity contribution in [3.63, 3.8) is 0 Å². The van der Waals surface area contributed by atoms with E-state index >= 15 is 0 Å². The topological polar surface area (TPSA) is 18.5 Å². The molecule has 0 saturated carbocycles. The zero-order valence-corrected chi connectivity index (χ0v) is 14.6. The predicted octanol–water partition coefficient (Wildman–Crippen LogP) is 3.42. The summed E-state index contributed by atoms with van der Waals surface area (Å²) in [6.45, 7) is 1.15. The van der Waals surface area contributed by atoms with Crippen LogP contribution < -0.4 is 5.32 Å². The summed E-state index contributed by atoms with van der Waals surface area (Å²) in [7, 11) is 4.59. The Balaban J connectivity index is 1.75. The van der Waals surface area contributed by atoms with Crippen molar-refractivity contribution >= 4 is 0 Å². The molecule has 3 heteroatoms. The van der Waals surface area contributed by atoms with E-state index in [4.69, 9.17) is 0 Å². The molecule has 2 aliphatic heterocycles. The van der Waals surface area contributed by atoms with Crippen molar-refractivity contribution in [1.29, 1.82) is 0 Å². The Morgan fingerprint density at radius 1 is 0.792 bits per heavy atom. The average Bonchev–Trinajstić information content (AvgIpc) is 3.22. The van der Waals surface area contributed by atoms with Gasteiger partial charge in [0.2, 0.25) is 0 Å². The van der Waals surface area contributed by atoms with Gasteiger partial charge in [0, 0.05) is 6.04 Å². The van der Waals surface area contributed by atoms with Gasteiger partial charge in [0.05, 0.1) is 18.2 Å². The third-order valence-electron chi connectivity index (χ3n) is 5.75. The summed E-state index contributed by atoms with van der Waals surface area (Å²) in [5, 5.41) is 3.72. The average molecular weight is 321 g/mol. The highest BCUT2D eigenvalue weighted by Gasteiger charge is 2.47. The van der Waals surface area contributed by atoms with Crippen LogP contribution in [0.3, 0.4) is 0 Å². The molecule has 24 heavy (non-hydrogen) atoms. The molecule has 0 aromatic heterocycles. The lowest BCUT2D eigenvalue weighted by Gasteiger charge is -2.32. The van der Waals surface area contributed by atoms with Gasteiger partial charge in [-0.25, -0.2) is 0 Å². The third kappa shape index (κ3) is 2.67. The molecule has 2 aliphatic rings. The number of rotatable bonds is 3. The Labute approximate surface area is 145 Å². The smallest absolute Gasteiger partial charge is 0.0787 e. The second-order valence-electron chi connectivity index (χ2n) is 7.16. The minimum atomic E-state index is 0.381. The number of nitrogens with zero attached hydrogens (tertiary/aromatic N) is 2. The SMILES string of the molecule is CN1C([C@@H]2CCCN2)N(C)[C@@H](c2ccccc2)[C@@H]1c1ccccc1. The molecule has 2 heterocycles. The molecule has 2 fully saturated rings. The molecule has 0 amide bonds. The second-order valence-corrected chi connectivity index (χ2v) is 7.16. The van der Waals surface area contributed by atoms with Crippen molar-refractivity contribution in [2.45, 2.75) is 37.1 Å². The van der Waals surface area contributed by atoms with Crippen LogP contribution in [0.5, 0.6) is 0 Å². The molecule has 2 aromatic rings. The van der Waals surface area contributed by atoms with Gasteiger partial charge in [-0.2, -0.15) is 0 Å². The van der Waals surface area contributed by atoms with Crippen molar-refractivity contribution in [2.75, 3.05) is 20.6 Å². The Kier molecular flexibility index (Phi) is 4.40. The highest BCUT2D eigenvalue weighted by molar-refractivity contribution is 5.30. The summed E-state index contributed by atoms with van der Waals surface area (Å²) in [6.07, 6.45) is 2.99. The monoisotopic (exact) mass is 321 g/mol. The van der Waals surface area contributed by atoms with E-state index in [1.807, 2.05) is 0 Å². The standard InChI is InChI=1S/C21H27N3/c1-23-19(16-10-5-3-6-11-16)20(17-12-7-4-8-13-17)24(2)21(23)18-14-9-15-22-18/h3-8,10-13,18-22H,9,14-15H2,1-2H3/t18-,19-,20-/m0/s1. The molecule has 3 nitrogen and oxygen atoms in total. The molecule has 2 aromatic carbocycles. The number of likely N-dealkylation sites (N-methyl/N-ethyl adjacent to an activating group) is 2. The molecule has 0 radical (unpaired) electrons. The first-order valence-electron chi connectivity index (χ1n) is 9.04. The van der Waals surface area contributed by atoms with Crippen LogP contribution in [0, 0.1) is 0 Å². The lowest BCUT2D eigenvalue weighted by atomic mass is 9.93. The normalized spacial score (nSPS) is 29.3. The number of hydrogen-bond acceptors (Lipinski definition) is 3.